The highest BCUT2D eigenvalue weighted by atomic mass is 16.5. The summed E-state index contributed by atoms with van der Waals surface area (Å²) >= 11 is 0. The molecule has 3 aromatic rings. The number of hydrogen-bond acceptors (Lipinski definition) is 7. The van der Waals surface area contributed by atoms with Crippen molar-refractivity contribution < 1.29 is 19.1 Å². The Morgan fingerprint density at radius 2 is 1.62 bits per heavy atom. The summed E-state index contributed by atoms with van der Waals surface area (Å²) in [6.07, 6.45) is 0. The molecule has 0 aliphatic carbocycles. The number of ether oxygens (including phenoxy) is 2. The molecule has 0 radical (unpaired) electrons. The molecule has 3 rings (SSSR count). The summed E-state index contributed by atoms with van der Waals surface area (Å²) < 4.78 is 9.77. The van der Waals surface area contributed by atoms with Crippen molar-refractivity contribution >= 4 is 23.4 Å². The predicted molar refractivity (Wildman–Crippen MR) is 107 cm³/mol. The third-order valence-electron chi connectivity index (χ3n) is 4.09. The molecular weight excluding hydrogens is 372 g/mol. The first kappa shape index (κ1) is 19.8. The molecule has 0 unspecified atom stereocenters. The van der Waals surface area contributed by atoms with Crippen molar-refractivity contribution in [2.75, 3.05) is 19.5 Å². The highest BCUT2D eigenvalue weighted by molar-refractivity contribution is 5.92. The monoisotopic (exact) mass is 392 g/mol. The Morgan fingerprint density at radius 3 is 2.21 bits per heavy atom. The van der Waals surface area contributed by atoms with Crippen LogP contribution >= 0.6 is 0 Å². The molecule has 1 aromatic heterocycles. The minimum Gasteiger partial charge on any atom is -0.497 e. The van der Waals surface area contributed by atoms with Gasteiger partial charge < -0.3 is 20.1 Å². The first-order valence-corrected chi connectivity index (χ1v) is 8.79. The Labute approximate surface area is 167 Å². The van der Waals surface area contributed by atoms with Crippen LogP contribution in [0.2, 0.25) is 0 Å². The van der Waals surface area contributed by atoms with Crippen LogP contribution in [0.25, 0.3) is 0 Å². The van der Waals surface area contributed by atoms with E-state index in [9.17, 15) is 9.59 Å². The predicted octanol–water partition coefficient (Wildman–Crippen LogP) is 2.95. The maximum atomic E-state index is 12.2. The molecule has 1 heterocycles. The molecule has 0 bridgehead atoms. The number of methoxy groups -OCH3 is 2. The molecule has 2 aromatic carbocycles. The van der Waals surface area contributed by atoms with Gasteiger partial charge in [0, 0.05) is 12.2 Å². The third kappa shape index (κ3) is 5.29. The van der Waals surface area contributed by atoms with Gasteiger partial charge in [0.15, 0.2) is 11.5 Å². The van der Waals surface area contributed by atoms with Crippen molar-refractivity contribution in [3.05, 3.63) is 77.5 Å². The van der Waals surface area contributed by atoms with Crippen LogP contribution in [-0.4, -0.2) is 36.3 Å². The van der Waals surface area contributed by atoms with Gasteiger partial charge in [0.2, 0.25) is 0 Å². The van der Waals surface area contributed by atoms with Crippen LogP contribution in [0.1, 0.15) is 26.4 Å². The van der Waals surface area contributed by atoms with E-state index in [1.54, 1.807) is 43.5 Å². The second-order valence-corrected chi connectivity index (χ2v) is 6.03. The number of nitrogens with zero attached hydrogens (tertiary/aromatic N) is 2. The van der Waals surface area contributed by atoms with Crippen molar-refractivity contribution in [2.24, 2.45) is 0 Å². The fraction of sp³-hybridized carbons (Fsp3) is 0.143. The lowest BCUT2D eigenvalue weighted by atomic mass is 10.2. The molecule has 8 heteroatoms. The fourth-order valence-electron chi connectivity index (χ4n) is 2.49. The van der Waals surface area contributed by atoms with E-state index in [2.05, 4.69) is 25.6 Å². The van der Waals surface area contributed by atoms with Crippen LogP contribution in [0.5, 0.6) is 5.75 Å². The Hall–Kier alpha value is -3.94. The van der Waals surface area contributed by atoms with E-state index in [-0.39, 0.29) is 11.6 Å². The van der Waals surface area contributed by atoms with Gasteiger partial charge in [-0.05, 0) is 54.1 Å². The van der Waals surface area contributed by atoms with E-state index in [0.29, 0.717) is 17.9 Å². The van der Waals surface area contributed by atoms with Gasteiger partial charge in [-0.3, -0.25) is 4.79 Å². The zero-order chi connectivity index (χ0) is 20.6. The van der Waals surface area contributed by atoms with Crippen LogP contribution in [0.4, 0.5) is 11.5 Å². The minimum absolute atomic E-state index is 0.213. The lowest BCUT2D eigenvalue weighted by Gasteiger charge is -2.08. The van der Waals surface area contributed by atoms with Gasteiger partial charge in [0.25, 0.3) is 5.91 Å². The average Bonchev–Trinajstić information content (AvgIpc) is 2.78. The SMILES string of the molecule is COC(=O)c1ccc(Nc2ccc(C(=O)NCc3ccc(OC)cc3)nn2)cc1. The molecule has 0 saturated heterocycles. The molecule has 1 amide bonds. The first-order chi connectivity index (χ1) is 14.1. The molecule has 148 valence electrons. The lowest BCUT2D eigenvalue weighted by molar-refractivity contribution is 0.0600. The first-order valence-electron chi connectivity index (χ1n) is 8.79. The second-order valence-electron chi connectivity index (χ2n) is 6.03. The molecule has 0 aliphatic heterocycles. The van der Waals surface area contributed by atoms with E-state index in [1.165, 1.54) is 7.11 Å². The van der Waals surface area contributed by atoms with Crippen LogP contribution < -0.4 is 15.4 Å². The number of carbonyl (C=O) groups is 2. The molecule has 0 fully saturated rings. The number of amides is 1. The number of hydrogen-bond donors (Lipinski definition) is 2. The molecule has 29 heavy (non-hydrogen) atoms. The number of rotatable bonds is 7. The van der Waals surface area contributed by atoms with E-state index in [1.807, 2.05) is 24.3 Å². The Kier molecular flexibility index (Phi) is 6.36. The normalized spacial score (nSPS) is 10.1. The van der Waals surface area contributed by atoms with E-state index < -0.39 is 5.97 Å². The number of benzene rings is 2. The van der Waals surface area contributed by atoms with Crippen molar-refractivity contribution in [2.45, 2.75) is 6.54 Å². The van der Waals surface area contributed by atoms with Gasteiger partial charge in [-0.25, -0.2) is 4.79 Å². The molecule has 0 spiro atoms. The maximum Gasteiger partial charge on any atom is 0.337 e. The summed E-state index contributed by atoms with van der Waals surface area (Å²) in [5.74, 6) is 0.514. The number of carbonyl (C=O) groups excluding carboxylic acids is 2. The lowest BCUT2D eigenvalue weighted by Crippen LogP contribution is -2.24. The van der Waals surface area contributed by atoms with Gasteiger partial charge in [0.05, 0.1) is 19.8 Å². The molecule has 8 nitrogen and oxygen atoms in total. The van der Waals surface area contributed by atoms with Crippen LogP contribution in [0.15, 0.2) is 60.7 Å². The molecule has 0 saturated carbocycles. The summed E-state index contributed by atoms with van der Waals surface area (Å²) in [6.45, 7) is 0.372. The highest BCUT2D eigenvalue weighted by Gasteiger charge is 2.09. The molecular formula is C21H20N4O4. The Bertz CT molecular complexity index is 971. The maximum absolute atomic E-state index is 12.2. The van der Waals surface area contributed by atoms with Gasteiger partial charge >= 0.3 is 5.97 Å². The summed E-state index contributed by atoms with van der Waals surface area (Å²) in [7, 11) is 2.93. The number of anilines is 2. The van der Waals surface area contributed by atoms with Crippen molar-refractivity contribution in [1.82, 2.24) is 15.5 Å². The van der Waals surface area contributed by atoms with E-state index >= 15 is 0 Å². The summed E-state index contributed by atoms with van der Waals surface area (Å²) in [5.41, 5.74) is 2.34. The number of esters is 1. The highest BCUT2D eigenvalue weighted by Crippen LogP contribution is 2.15. The van der Waals surface area contributed by atoms with Crippen molar-refractivity contribution in [1.29, 1.82) is 0 Å². The van der Waals surface area contributed by atoms with E-state index in [4.69, 9.17) is 4.74 Å². The Morgan fingerprint density at radius 1 is 0.897 bits per heavy atom. The number of nitrogens with one attached hydrogen (secondary N) is 2. The van der Waals surface area contributed by atoms with Crippen LogP contribution in [0, 0.1) is 0 Å². The van der Waals surface area contributed by atoms with Gasteiger partial charge in [-0.1, -0.05) is 12.1 Å². The average molecular weight is 392 g/mol. The Balaban J connectivity index is 1.56. The molecule has 0 aliphatic rings. The summed E-state index contributed by atoms with van der Waals surface area (Å²) in [6, 6.07) is 17.4. The van der Waals surface area contributed by atoms with Gasteiger partial charge in [-0.15, -0.1) is 10.2 Å². The zero-order valence-electron chi connectivity index (χ0n) is 16.0. The zero-order valence-corrected chi connectivity index (χ0v) is 16.0. The standard InChI is InChI=1S/C21H20N4O4/c1-28-17-9-3-14(4-10-17)13-22-20(26)18-11-12-19(25-24-18)23-16-7-5-15(6-8-16)21(27)29-2/h3-12H,13H2,1-2H3,(H,22,26)(H,23,25). The van der Waals surface area contributed by atoms with Crippen molar-refractivity contribution in [3.63, 3.8) is 0 Å². The number of aromatic nitrogens is 2. The quantitative estimate of drug-likeness (QED) is 0.596. The van der Waals surface area contributed by atoms with Crippen molar-refractivity contribution in [3.8, 4) is 5.75 Å². The second kappa shape index (κ2) is 9.32. The summed E-state index contributed by atoms with van der Waals surface area (Å²) in [4.78, 5) is 23.7. The molecule has 2 N–H and O–H groups in total. The fourth-order valence-corrected chi connectivity index (χ4v) is 2.49. The smallest absolute Gasteiger partial charge is 0.337 e. The molecule has 0 atom stereocenters. The van der Waals surface area contributed by atoms with E-state index in [0.717, 1.165) is 17.0 Å². The van der Waals surface area contributed by atoms with Gasteiger partial charge in [0.1, 0.15) is 5.75 Å². The summed E-state index contributed by atoms with van der Waals surface area (Å²) in [5, 5.41) is 13.8. The van der Waals surface area contributed by atoms with Gasteiger partial charge in [-0.2, -0.15) is 0 Å². The third-order valence-corrected chi connectivity index (χ3v) is 4.09. The van der Waals surface area contributed by atoms with Crippen LogP contribution in [-0.2, 0) is 11.3 Å². The topological polar surface area (TPSA) is 102 Å². The largest absolute Gasteiger partial charge is 0.497 e. The minimum atomic E-state index is -0.402. The van der Waals surface area contributed by atoms with Crippen LogP contribution in [0.3, 0.4) is 0 Å².